The van der Waals surface area contributed by atoms with Crippen molar-refractivity contribution in [3.8, 4) is 28.2 Å². The zero-order chi connectivity index (χ0) is 17.2. The van der Waals surface area contributed by atoms with Crippen LogP contribution >= 0.6 is 0 Å². The standard InChI is InChI=1S/C23H20N2/c1-17-10-6-8-14-20(17)22-23(21-15-9-7-11-18(21)2)25(16-24-22)19-12-4-3-5-13-19/h3-16H,1-2H3/p+1. The van der Waals surface area contributed by atoms with Crippen LogP contribution in [0.4, 0.5) is 0 Å². The third-order valence-electron chi connectivity index (χ3n) is 4.66. The summed E-state index contributed by atoms with van der Waals surface area (Å²) in [6, 6.07) is 27.5. The Hall–Kier alpha value is -3.13. The van der Waals surface area contributed by atoms with E-state index in [1.54, 1.807) is 0 Å². The quantitative estimate of drug-likeness (QED) is 0.497. The average molecular weight is 325 g/mol. The highest BCUT2D eigenvalue weighted by Gasteiger charge is 2.24. The van der Waals surface area contributed by atoms with Gasteiger partial charge in [0.25, 0.3) is 0 Å². The lowest BCUT2D eigenvalue weighted by molar-refractivity contribution is -0.582. The average Bonchev–Trinajstić information content (AvgIpc) is 3.08. The van der Waals surface area contributed by atoms with Gasteiger partial charge in [-0.25, -0.2) is 4.98 Å². The Morgan fingerprint density at radius 3 is 1.84 bits per heavy atom. The van der Waals surface area contributed by atoms with Gasteiger partial charge in [-0.05, 0) is 37.1 Å². The third kappa shape index (κ3) is 2.76. The summed E-state index contributed by atoms with van der Waals surface area (Å²) < 4.78 is 2.24. The Balaban J connectivity index is 2.03. The summed E-state index contributed by atoms with van der Waals surface area (Å²) in [5.41, 5.74) is 8.49. The maximum Gasteiger partial charge on any atom is 0.247 e. The van der Waals surface area contributed by atoms with E-state index in [4.69, 9.17) is 0 Å². The molecule has 0 fully saturated rings. The van der Waals surface area contributed by atoms with Crippen LogP contribution in [0, 0.1) is 13.8 Å². The van der Waals surface area contributed by atoms with Crippen molar-refractivity contribution in [3.05, 3.63) is 96.3 Å². The molecule has 1 N–H and O–H groups in total. The molecular weight excluding hydrogens is 304 g/mol. The van der Waals surface area contributed by atoms with Crippen molar-refractivity contribution in [1.82, 2.24) is 4.98 Å². The second kappa shape index (κ2) is 6.40. The molecule has 25 heavy (non-hydrogen) atoms. The van der Waals surface area contributed by atoms with Crippen molar-refractivity contribution >= 4 is 0 Å². The highest BCUT2D eigenvalue weighted by molar-refractivity contribution is 5.79. The third-order valence-corrected chi connectivity index (χ3v) is 4.66. The van der Waals surface area contributed by atoms with Gasteiger partial charge in [-0.1, -0.05) is 66.7 Å². The molecule has 1 aromatic heterocycles. The number of hydrogen-bond donors (Lipinski definition) is 1. The number of benzene rings is 3. The molecule has 0 saturated heterocycles. The summed E-state index contributed by atoms with van der Waals surface area (Å²) in [7, 11) is 0. The normalized spacial score (nSPS) is 10.8. The van der Waals surface area contributed by atoms with E-state index >= 15 is 0 Å². The van der Waals surface area contributed by atoms with Crippen molar-refractivity contribution < 1.29 is 4.57 Å². The molecule has 0 atom stereocenters. The number of hydrogen-bond acceptors (Lipinski definition) is 0. The van der Waals surface area contributed by atoms with E-state index in [9.17, 15) is 0 Å². The monoisotopic (exact) mass is 325 g/mol. The molecule has 3 aromatic carbocycles. The number of aryl methyl sites for hydroxylation is 2. The topological polar surface area (TPSA) is 19.7 Å². The molecule has 0 amide bonds. The SMILES string of the molecule is Cc1ccccc1-c1[nH]c[n+](-c2ccccc2)c1-c1ccccc1C. The molecule has 1 heterocycles. The second-order valence-electron chi connectivity index (χ2n) is 6.33. The maximum atomic E-state index is 3.52. The first-order valence-electron chi connectivity index (χ1n) is 8.56. The molecular formula is C23H21N2+. The van der Waals surface area contributed by atoms with E-state index < -0.39 is 0 Å². The van der Waals surface area contributed by atoms with Crippen LogP contribution < -0.4 is 4.57 Å². The molecule has 0 spiro atoms. The molecule has 0 aliphatic carbocycles. The fraction of sp³-hybridized carbons (Fsp3) is 0.0870. The maximum absolute atomic E-state index is 3.52. The Labute approximate surface area is 148 Å². The van der Waals surface area contributed by atoms with Crippen LogP contribution in [0.1, 0.15) is 11.1 Å². The number of para-hydroxylation sites is 1. The molecule has 0 saturated carbocycles. The number of H-pyrrole nitrogens is 1. The van der Waals surface area contributed by atoms with Crippen LogP contribution in [-0.2, 0) is 0 Å². The van der Waals surface area contributed by atoms with Gasteiger partial charge in [0.05, 0.1) is 0 Å². The molecule has 4 rings (SSSR count). The number of rotatable bonds is 3. The second-order valence-corrected chi connectivity index (χ2v) is 6.33. The van der Waals surface area contributed by atoms with E-state index in [-0.39, 0.29) is 0 Å². The summed E-state index contributed by atoms with van der Waals surface area (Å²) in [6.45, 7) is 4.32. The highest BCUT2D eigenvalue weighted by atomic mass is 15.1. The molecule has 0 radical (unpaired) electrons. The van der Waals surface area contributed by atoms with E-state index in [2.05, 4.69) is 103 Å². The van der Waals surface area contributed by atoms with Gasteiger partial charge in [-0.2, -0.15) is 4.57 Å². The number of nitrogens with one attached hydrogen (secondary N) is 1. The number of nitrogens with zero attached hydrogens (tertiary/aromatic N) is 1. The first-order valence-corrected chi connectivity index (χ1v) is 8.56. The Morgan fingerprint density at radius 2 is 1.20 bits per heavy atom. The first-order chi connectivity index (χ1) is 12.3. The van der Waals surface area contributed by atoms with E-state index in [1.165, 1.54) is 27.9 Å². The highest BCUT2D eigenvalue weighted by Crippen LogP contribution is 2.32. The lowest BCUT2D eigenvalue weighted by atomic mass is 9.98. The summed E-state index contributed by atoms with van der Waals surface area (Å²) in [4.78, 5) is 3.52. The van der Waals surface area contributed by atoms with E-state index in [0.29, 0.717) is 0 Å². The lowest BCUT2D eigenvalue weighted by Crippen LogP contribution is -2.30. The van der Waals surface area contributed by atoms with Gasteiger partial charge >= 0.3 is 0 Å². The summed E-state index contributed by atoms with van der Waals surface area (Å²) in [6.07, 6.45) is 2.05. The zero-order valence-corrected chi connectivity index (χ0v) is 14.5. The van der Waals surface area contributed by atoms with Crippen LogP contribution in [0.25, 0.3) is 28.2 Å². The van der Waals surface area contributed by atoms with Gasteiger partial charge in [0.15, 0.2) is 11.4 Å². The Bertz CT molecular complexity index is 1010. The van der Waals surface area contributed by atoms with Gasteiger partial charge in [0, 0.05) is 11.1 Å². The van der Waals surface area contributed by atoms with Crippen molar-refractivity contribution in [1.29, 1.82) is 0 Å². The summed E-state index contributed by atoms with van der Waals surface area (Å²) in [5, 5.41) is 0. The molecule has 2 heteroatoms. The van der Waals surface area contributed by atoms with Crippen molar-refractivity contribution in [2.45, 2.75) is 13.8 Å². The van der Waals surface area contributed by atoms with Gasteiger partial charge in [0.2, 0.25) is 6.33 Å². The van der Waals surface area contributed by atoms with Gasteiger partial charge < -0.3 is 0 Å². The van der Waals surface area contributed by atoms with Gasteiger partial charge in [-0.3, -0.25) is 0 Å². The molecule has 0 bridgehead atoms. The van der Waals surface area contributed by atoms with Crippen LogP contribution in [-0.4, -0.2) is 4.98 Å². The van der Waals surface area contributed by atoms with Crippen LogP contribution in [0.15, 0.2) is 85.2 Å². The molecule has 0 aliphatic heterocycles. The fourth-order valence-corrected chi connectivity index (χ4v) is 3.34. The van der Waals surface area contributed by atoms with Gasteiger partial charge in [-0.15, -0.1) is 0 Å². The predicted octanol–water partition coefficient (Wildman–Crippen LogP) is 5.24. The van der Waals surface area contributed by atoms with E-state index in [1.807, 2.05) is 6.07 Å². The molecule has 0 unspecified atom stereocenters. The minimum Gasteiger partial charge on any atom is -0.243 e. The summed E-state index contributed by atoms with van der Waals surface area (Å²) >= 11 is 0. The summed E-state index contributed by atoms with van der Waals surface area (Å²) in [5.74, 6) is 0. The smallest absolute Gasteiger partial charge is 0.243 e. The fourth-order valence-electron chi connectivity index (χ4n) is 3.34. The molecule has 122 valence electrons. The number of aromatic nitrogens is 2. The largest absolute Gasteiger partial charge is 0.247 e. The molecule has 4 aromatic rings. The number of imidazole rings is 1. The Kier molecular flexibility index (Phi) is 3.95. The Morgan fingerprint density at radius 1 is 0.640 bits per heavy atom. The van der Waals surface area contributed by atoms with Crippen molar-refractivity contribution in [2.24, 2.45) is 0 Å². The first kappa shape index (κ1) is 15.4. The van der Waals surface area contributed by atoms with Crippen molar-refractivity contribution in [3.63, 3.8) is 0 Å². The lowest BCUT2D eigenvalue weighted by Gasteiger charge is -2.08. The molecule has 2 nitrogen and oxygen atoms in total. The minimum atomic E-state index is 1.15. The van der Waals surface area contributed by atoms with Crippen molar-refractivity contribution in [2.75, 3.05) is 0 Å². The van der Waals surface area contributed by atoms with Crippen LogP contribution in [0.2, 0.25) is 0 Å². The number of aromatic amines is 1. The van der Waals surface area contributed by atoms with Crippen LogP contribution in [0.5, 0.6) is 0 Å². The molecule has 0 aliphatic rings. The van der Waals surface area contributed by atoms with Gasteiger partial charge in [0.1, 0.15) is 5.69 Å². The zero-order valence-electron chi connectivity index (χ0n) is 14.5. The predicted molar refractivity (Wildman–Crippen MR) is 103 cm³/mol. The van der Waals surface area contributed by atoms with E-state index in [0.717, 1.165) is 11.4 Å². The van der Waals surface area contributed by atoms with Crippen LogP contribution in [0.3, 0.4) is 0 Å². The minimum absolute atomic E-state index is 1.15.